The maximum atomic E-state index is 11.9. The third-order valence-corrected chi connectivity index (χ3v) is 4.15. The fraction of sp³-hybridized carbons (Fsp3) is 0.300. The van der Waals surface area contributed by atoms with Crippen molar-refractivity contribution in [3.63, 3.8) is 0 Å². The predicted molar refractivity (Wildman–Crippen MR) is 68.5 cm³/mol. The average Bonchev–Trinajstić information content (AvgIpc) is 2.27. The van der Waals surface area contributed by atoms with E-state index in [-0.39, 0.29) is 5.84 Å². The van der Waals surface area contributed by atoms with E-state index in [1.165, 1.54) is 21.1 Å². The van der Waals surface area contributed by atoms with Gasteiger partial charge in [-0.3, -0.25) is 9.71 Å². The molecule has 7 heteroatoms. The first-order valence-electron chi connectivity index (χ1n) is 4.88. The lowest BCUT2D eigenvalue weighted by Gasteiger charge is -2.24. The Morgan fingerprint density at radius 1 is 1.24 bits per heavy atom. The molecular formula is C10H16N4O2S. The van der Waals surface area contributed by atoms with Crippen LogP contribution in [0.4, 0.5) is 5.69 Å². The summed E-state index contributed by atoms with van der Waals surface area (Å²) in [6, 6.07) is 6.62. The van der Waals surface area contributed by atoms with Crippen molar-refractivity contribution in [2.45, 2.75) is 0 Å². The molecule has 17 heavy (non-hydrogen) atoms. The average molecular weight is 256 g/mol. The van der Waals surface area contributed by atoms with Gasteiger partial charge in [0.25, 0.3) is 0 Å². The van der Waals surface area contributed by atoms with E-state index in [1.807, 2.05) is 0 Å². The molecule has 0 atom stereocenters. The van der Waals surface area contributed by atoms with Gasteiger partial charge in [0.1, 0.15) is 5.84 Å². The van der Waals surface area contributed by atoms with Gasteiger partial charge in [-0.1, -0.05) is 12.1 Å². The van der Waals surface area contributed by atoms with Crippen molar-refractivity contribution in [1.29, 1.82) is 5.41 Å². The van der Waals surface area contributed by atoms with E-state index in [0.717, 1.165) is 8.61 Å². The van der Waals surface area contributed by atoms with E-state index in [0.29, 0.717) is 11.3 Å². The normalized spacial score (nSPS) is 11.5. The monoisotopic (exact) mass is 256 g/mol. The summed E-state index contributed by atoms with van der Waals surface area (Å²) in [6.45, 7) is 0. The summed E-state index contributed by atoms with van der Waals surface area (Å²) in [5, 5.41) is 7.42. The van der Waals surface area contributed by atoms with Crippen molar-refractivity contribution in [1.82, 2.24) is 4.31 Å². The topological polar surface area (TPSA) is 90.5 Å². The van der Waals surface area contributed by atoms with Gasteiger partial charge >= 0.3 is 10.2 Å². The van der Waals surface area contributed by atoms with Crippen LogP contribution in [0.1, 0.15) is 5.56 Å². The zero-order valence-corrected chi connectivity index (χ0v) is 10.8. The molecule has 0 aromatic heterocycles. The molecular weight excluding hydrogens is 240 g/mol. The Morgan fingerprint density at radius 3 is 2.24 bits per heavy atom. The summed E-state index contributed by atoms with van der Waals surface area (Å²) < 4.78 is 26.1. The van der Waals surface area contributed by atoms with Crippen LogP contribution in [-0.4, -0.2) is 39.7 Å². The Bertz CT molecular complexity index is 525. The van der Waals surface area contributed by atoms with Crippen molar-refractivity contribution >= 4 is 21.7 Å². The molecule has 0 unspecified atom stereocenters. The molecule has 0 fully saturated rings. The highest BCUT2D eigenvalue weighted by molar-refractivity contribution is 7.90. The van der Waals surface area contributed by atoms with Crippen molar-refractivity contribution in [3.8, 4) is 0 Å². The first kappa shape index (κ1) is 13.5. The lowest BCUT2D eigenvalue weighted by atomic mass is 10.1. The summed E-state index contributed by atoms with van der Waals surface area (Å²) >= 11 is 0. The van der Waals surface area contributed by atoms with Crippen LogP contribution in [0, 0.1) is 5.41 Å². The number of hydrogen-bond donors (Lipinski definition) is 2. The Balaban J connectivity index is 3.31. The lowest BCUT2D eigenvalue weighted by molar-refractivity contribution is 0.519. The minimum Gasteiger partial charge on any atom is -0.384 e. The number of anilines is 1. The largest absolute Gasteiger partial charge is 0.384 e. The Morgan fingerprint density at radius 2 is 1.76 bits per heavy atom. The van der Waals surface area contributed by atoms with E-state index < -0.39 is 10.2 Å². The first-order chi connectivity index (χ1) is 7.78. The molecule has 0 saturated carbocycles. The molecule has 6 nitrogen and oxygen atoms in total. The quantitative estimate of drug-likeness (QED) is 0.596. The smallest absolute Gasteiger partial charge is 0.303 e. The minimum absolute atomic E-state index is 0.165. The molecule has 1 rings (SSSR count). The third kappa shape index (κ3) is 2.56. The van der Waals surface area contributed by atoms with Crippen LogP contribution in [0.2, 0.25) is 0 Å². The number of hydrogen-bond acceptors (Lipinski definition) is 3. The number of para-hydroxylation sites is 1. The summed E-state index contributed by atoms with van der Waals surface area (Å²) in [7, 11) is 0.749. The summed E-state index contributed by atoms with van der Waals surface area (Å²) in [6.07, 6.45) is 0. The molecule has 0 aliphatic rings. The van der Waals surface area contributed by atoms with Gasteiger partial charge in [0.05, 0.1) is 5.69 Å². The third-order valence-electron chi connectivity index (χ3n) is 2.34. The number of nitrogens with one attached hydrogen (secondary N) is 1. The van der Waals surface area contributed by atoms with Gasteiger partial charge in [-0.15, -0.1) is 0 Å². The van der Waals surface area contributed by atoms with Gasteiger partial charge in [0.2, 0.25) is 0 Å². The lowest BCUT2D eigenvalue weighted by Crippen LogP contribution is -2.38. The minimum atomic E-state index is -3.57. The number of nitrogen functional groups attached to an aromatic ring is 1. The van der Waals surface area contributed by atoms with Crippen LogP contribution < -0.4 is 10.0 Å². The zero-order valence-electron chi connectivity index (χ0n) is 10.0. The molecule has 0 radical (unpaired) electrons. The number of amidine groups is 1. The van der Waals surface area contributed by atoms with Gasteiger partial charge in [-0.25, -0.2) is 0 Å². The van der Waals surface area contributed by atoms with Crippen molar-refractivity contribution in [2.75, 3.05) is 25.4 Å². The molecule has 0 spiro atoms. The molecule has 1 aromatic rings. The fourth-order valence-electron chi connectivity index (χ4n) is 1.35. The van der Waals surface area contributed by atoms with Gasteiger partial charge in [-0.2, -0.15) is 12.7 Å². The van der Waals surface area contributed by atoms with Crippen LogP contribution in [0.5, 0.6) is 0 Å². The van der Waals surface area contributed by atoms with Gasteiger partial charge in [0.15, 0.2) is 0 Å². The highest BCUT2D eigenvalue weighted by Crippen LogP contribution is 2.21. The number of benzene rings is 1. The molecule has 0 bridgehead atoms. The van der Waals surface area contributed by atoms with Crippen molar-refractivity contribution in [2.24, 2.45) is 5.73 Å². The summed E-state index contributed by atoms with van der Waals surface area (Å²) in [5.41, 5.74) is 6.19. The fourth-order valence-corrected chi connectivity index (χ4v) is 2.24. The zero-order chi connectivity index (χ0) is 13.2. The van der Waals surface area contributed by atoms with E-state index in [1.54, 1.807) is 24.3 Å². The molecule has 1 aromatic carbocycles. The summed E-state index contributed by atoms with van der Waals surface area (Å²) in [5.74, 6) is -0.165. The van der Waals surface area contributed by atoms with Crippen LogP contribution in [0.3, 0.4) is 0 Å². The predicted octanol–water partition coefficient (Wildman–Crippen LogP) is 0.213. The molecule has 0 aliphatic carbocycles. The highest BCUT2D eigenvalue weighted by atomic mass is 32.2. The first-order valence-corrected chi connectivity index (χ1v) is 6.28. The Kier molecular flexibility index (Phi) is 3.74. The second-order valence-corrected chi connectivity index (χ2v) is 5.86. The Hall–Kier alpha value is -1.60. The van der Waals surface area contributed by atoms with Gasteiger partial charge < -0.3 is 5.73 Å². The molecule has 0 heterocycles. The highest BCUT2D eigenvalue weighted by Gasteiger charge is 2.23. The molecule has 3 N–H and O–H groups in total. The second-order valence-electron chi connectivity index (χ2n) is 3.69. The standard InChI is InChI=1S/C10H16N4O2S/c1-13(2)17(15,16)14(3)9-7-5-4-6-8(9)10(11)12/h4-7H,1-3H3,(H3,11,12). The van der Waals surface area contributed by atoms with E-state index in [4.69, 9.17) is 11.1 Å². The van der Waals surface area contributed by atoms with E-state index in [2.05, 4.69) is 0 Å². The van der Waals surface area contributed by atoms with E-state index >= 15 is 0 Å². The van der Waals surface area contributed by atoms with Gasteiger partial charge in [-0.05, 0) is 12.1 Å². The van der Waals surface area contributed by atoms with E-state index in [9.17, 15) is 8.42 Å². The maximum Gasteiger partial charge on any atom is 0.303 e. The van der Waals surface area contributed by atoms with Crippen molar-refractivity contribution in [3.05, 3.63) is 29.8 Å². The molecule has 0 amide bonds. The number of nitrogens with zero attached hydrogens (tertiary/aromatic N) is 2. The van der Waals surface area contributed by atoms with Gasteiger partial charge in [0, 0.05) is 26.7 Å². The van der Waals surface area contributed by atoms with Crippen LogP contribution in [-0.2, 0) is 10.2 Å². The van der Waals surface area contributed by atoms with Crippen molar-refractivity contribution < 1.29 is 8.42 Å². The molecule has 0 aliphatic heterocycles. The second kappa shape index (κ2) is 4.72. The Labute approximate surface area is 101 Å². The van der Waals surface area contributed by atoms with Crippen LogP contribution >= 0.6 is 0 Å². The SMILES string of the molecule is CN(C)S(=O)(=O)N(C)c1ccccc1C(=N)N. The van der Waals surface area contributed by atoms with Crippen LogP contribution in [0.25, 0.3) is 0 Å². The number of nitrogens with two attached hydrogens (primary N) is 1. The summed E-state index contributed by atoms with van der Waals surface area (Å²) in [4.78, 5) is 0. The van der Waals surface area contributed by atoms with Crippen LogP contribution in [0.15, 0.2) is 24.3 Å². The molecule has 0 saturated heterocycles. The maximum absolute atomic E-state index is 11.9. The molecule has 94 valence electrons. The number of rotatable bonds is 4.